The second kappa shape index (κ2) is 6.41. The van der Waals surface area contributed by atoms with Gasteiger partial charge in [-0.05, 0) is 24.5 Å². The van der Waals surface area contributed by atoms with E-state index in [-0.39, 0.29) is 11.4 Å². The second-order valence-electron chi connectivity index (χ2n) is 4.32. The summed E-state index contributed by atoms with van der Waals surface area (Å²) in [7, 11) is -0.873. The van der Waals surface area contributed by atoms with Crippen LogP contribution in [-0.4, -0.2) is 33.5 Å². The Hall–Kier alpha value is -1.05. The predicted molar refractivity (Wildman–Crippen MR) is 63.6 cm³/mol. The molecule has 0 atom stereocenters. The molecule has 3 nitrogen and oxygen atoms in total. The number of hydrogen-bond acceptors (Lipinski definition) is 3. The van der Waals surface area contributed by atoms with Crippen LogP contribution in [0.3, 0.4) is 0 Å². The second-order valence-corrected chi connectivity index (χ2v) is 4.32. The van der Waals surface area contributed by atoms with Gasteiger partial charge in [0.1, 0.15) is 0 Å². The smallest absolute Gasteiger partial charge is 0.407 e. The quantitative estimate of drug-likeness (QED) is 0.615. The van der Waals surface area contributed by atoms with E-state index in [2.05, 4.69) is 0 Å². The predicted octanol–water partition coefficient (Wildman–Crippen LogP) is 1.50. The molecule has 0 N–H and O–H groups in total. The molecule has 1 aliphatic heterocycles. The maximum Gasteiger partial charge on any atom is 0.494 e. The molecule has 1 saturated heterocycles. The lowest BCUT2D eigenvalue weighted by Crippen LogP contribution is -2.45. The largest absolute Gasteiger partial charge is 0.494 e. The highest BCUT2D eigenvalue weighted by Crippen LogP contribution is 2.13. The van der Waals surface area contributed by atoms with E-state index in [0.717, 1.165) is 12.1 Å². The standard InChI is InChI=1S/C12H14BF3O3/c1-2-17-5-8-6-18-13(19-7-8)9-3-10(14)12(16)11(15)4-9/h3-4,8H,2,5-7H2,1H3. The average Bonchev–Trinajstić information content (AvgIpc) is 2.42. The summed E-state index contributed by atoms with van der Waals surface area (Å²) >= 11 is 0. The van der Waals surface area contributed by atoms with E-state index in [1.165, 1.54) is 0 Å². The molecule has 1 aromatic carbocycles. The van der Waals surface area contributed by atoms with Crippen molar-refractivity contribution in [3.8, 4) is 0 Å². The zero-order valence-corrected chi connectivity index (χ0v) is 10.5. The van der Waals surface area contributed by atoms with E-state index in [9.17, 15) is 13.2 Å². The molecule has 0 bridgehead atoms. The summed E-state index contributed by atoms with van der Waals surface area (Å²) < 4.78 is 55.0. The van der Waals surface area contributed by atoms with Crippen molar-refractivity contribution in [2.75, 3.05) is 26.4 Å². The number of benzene rings is 1. The van der Waals surface area contributed by atoms with E-state index in [0.29, 0.717) is 26.4 Å². The Bertz CT molecular complexity index is 413. The number of ether oxygens (including phenoxy) is 1. The van der Waals surface area contributed by atoms with Crippen molar-refractivity contribution in [3.05, 3.63) is 29.6 Å². The minimum Gasteiger partial charge on any atom is -0.407 e. The van der Waals surface area contributed by atoms with Crippen LogP contribution < -0.4 is 5.46 Å². The van der Waals surface area contributed by atoms with Crippen LogP contribution in [0, 0.1) is 23.4 Å². The van der Waals surface area contributed by atoms with Crippen LogP contribution in [0.2, 0.25) is 0 Å². The normalized spacial score (nSPS) is 16.9. The number of halogens is 3. The highest BCUT2D eigenvalue weighted by Gasteiger charge is 2.30. The first-order chi connectivity index (χ1) is 9.11. The van der Waals surface area contributed by atoms with Crippen LogP contribution >= 0.6 is 0 Å². The van der Waals surface area contributed by atoms with Crippen molar-refractivity contribution in [2.24, 2.45) is 5.92 Å². The molecule has 1 fully saturated rings. The molecule has 1 heterocycles. The van der Waals surface area contributed by atoms with Gasteiger partial charge < -0.3 is 14.0 Å². The van der Waals surface area contributed by atoms with Gasteiger partial charge in [-0.3, -0.25) is 0 Å². The van der Waals surface area contributed by atoms with Gasteiger partial charge in [0.25, 0.3) is 0 Å². The summed E-state index contributed by atoms with van der Waals surface area (Å²) in [5.41, 5.74) is 0.131. The van der Waals surface area contributed by atoms with Crippen LogP contribution in [0.5, 0.6) is 0 Å². The van der Waals surface area contributed by atoms with E-state index >= 15 is 0 Å². The molecule has 0 amide bonds. The zero-order valence-electron chi connectivity index (χ0n) is 10.5. The van der Waals surface area contributed by atoms with E-state index in [4.69, 9.17) is 14.0 Å². The molecule has 0 radical (unpaired) electrons. The van der Waals surface area contributed by atoms with Crippen molar-refractivity contribution in [1.82, 2.24) is 0 Å². The summed E-state index contributed by atoms with van der Waals surface area (Å²) in [6.45, 7) is 3.73. The van der Waals surface area contributed by atoms with Crippen LogP contribution in [0.15, 0.2) is 12.1 Å². The topological polar surface area (TPSA) is 27.7 Å². The molecule has 0 aliphatic carbocycles. The molecular formula is C12H14BF3O3. The summed E-state index contributed by atoms with van der Waals surface area (Å²) in [6.07, 6.45) is 0. The first-order valence-corrected chi connectivity index (χ1v) is 6.07. The Morgan fingerprint density at radius 3 is 2.32 bits per heavy atom. The molecule has 0 spiro atoms. The van der Waals surface area contributed by atoms with Gasteiger partial charge in [0.2, 0.25) is 0 Å². The summed E-state index contributed by atoms with van der Waals surface area (Å²) in [5, 5.41) is 0. The fraction of sp³-hybridized carbons (Fsp3) is 0.500. The van der Waals surface area contributed by atoms with Gasteiger partial charge in [0, 0.05) is 25.7 Å². The molecule has 0 saturated carbocycles. The highest BCUT2D eigenvalue weighted by atomic mass is 19.2. The Balaban J connectivity index is 1.98. The van der Waals surface area contributed by atoms with Crippen LogP contribution in [-0.2, 0) is 14.0 Å². The summed E-state index contributed by atoms with van der Waals surface area (Å²) in [5.74, 6) is -3.91. The molecule has 19 heavy (non-hydrogen) atoms. The van der Waals surface area contributed by atoms with Crippen molar-refractivity contribution in [3.63, 3.8) is 0 Å². The summed E-state index contributed by atoms with van der Waals surface area (Å²) in [4.78, 5) is 0. The van der Waals surface area contributed by atoms with E-state index in [1.54, 1.807) is 0 Å². The van der Waals surface area contributed by atoms with Gasteiger partial charge in [-0.2, -0.15) is 0 Å². The molecular weight excluding hydrogens is 260 g/mol. The Kier molecular flexibility index (Phi) is 4.84. The van der Waals surface area contributed by atoms with E-state index in [1.807, 2.05) is 6.92 Å². The van der Waals surface area contributed by atoms with E-state index < -0.39 is 24.6 Å². The Morgan fingerprint density at radius 1 is 1.21 bits per heavy atom. The Morgan fingerprint density at radius 2 is 1.79 bits per heavy atom. The minimum absolute atomic E-state index is 0.0892. The van der Waals surface area contributed by atoms with Gasteiger partial charge in [-0.1, -0.05) is 0 Å². The van der Waals surface area contributed by atoms with Gasteiger partial charge in [0.15, 0.2) is 17.5 Å². The first kappa shape index (κ1) is 14.4. The van der Waals surface area contributed by atoms with Crippen molar-refractivity contribution < 1.29 is 27.2 Å². The van der Waals surface area contributed by atoms with Crippen LogP contribution in [0.4, 0.5) is 13.2 Å². The zero-order chi connectivity index (χ0) is 13.8. The lowest BCUT2D eigenvalue weighted by atomic mass is 9.77. The third-order valence-electron chi connectivity index (χ3n) is 2.80. The van der Waals surface area contributed by atoms with Gasteiger partial charge in [-0.15, -0.1) is 0 Å². The third-order valence-corrected chi connectivity index (χ3v) is 2.80. The SMILES string of the molecule is CCOCC1COB(c2cc(F)c(F)c(F)c2)OC1. The lowest BCUT2D eigenvalue weighted by Gasteiger charge is -2.27. The molecule has 1 aromatic rings. The highest BCUT2D eigenvalue weighted by molar-refractivity contribution is 6.61. The fourth-order valence-electron chi connectivity index (χ4n) is 1.83. The average molecular weight is 274 g/mol. The van der Waals surface area contributed by atoms with Gasteiger partial charge in [0.05, 0.1) is 6.61 Å². The molecule has 1 aliphatic rings. The minimum atomic E-state index is -1.49. The van der Waals surface area contributed by atoms with Crippen LogP contribution in [0.25, 0.3) is 0 Å². The van der Waals surface area contributed by atoms with Crippen molar-refractivity contribution in [2.45, 2.75) is 6.92 Å². The third kappa shape index (κ3) is 3.49. The summed E-state index contributed by atoms with van der Waals surface area (Å²) in [6, 6.07) is 1.76. The van der Waals surface area contributed by atoms with Crippen molar-refractivity contribution >= 4 is 12.6 Å². The first-order valence-electron chi connectivity index (χ1n) is 6.07. The monoisotopic (exact) mass is 274 g/mol. The Labute approximate surface area is 109 Å². The van der Waals surface area contributed by atoms with Gasteiger partial charge in [-0.25, -0.2) is 13.2 Å². The molecule has 104 valence electrons. The fourth-order valence-corrected chi connectivity index (χ4v) is 1.83. The molecule has 2 rings (SSSR count). The molecule has 0 aromatic heterocycles. The maximum absolute atomic E-state index is 13.1. The van der Waals surface area contributed by atoms with Crippen molar-refractivity contribution in [1.29, 1.82) is 0 Å². The number of rotatable bonds is 4. The lowest BCUT2D eigenvalue weighted by molar-refractivity contribution is 0.0229. The molecule has 0 unspecified atom stereocenters. The van der Waals surface area contributed by atoms with Gasteiger partial charge >= 0.3 is 7.12 Å². The number of hydrogen-bond donors (Lipinski definition) is 0. The van der Waals surface area contributed by atoms with Crippen LogP contribution in [0.1, 0.15) is 6.92 Å². The molecule has 7 heteroatoms. The maximum atomic E-state index is 13.1.